The summed E-state index contributed by atoms with van der Waals surface area (Å²) in [5.74, 6) is 0. The van der Waals surface area contributed by atoms with Gasteiger partial charge in [-0.2, -0.15) is 0 Å². The Hall–Kier alpha value is -1.28. The van der Waals surface area contributed by atoms with Crippen molar-refractivity contribution in [2.45, 2.75) is 11.1 Å². The van der Waals surface area contributed by atoms with Crippen LogP contribution in [0.1, 0.15) is 5.56 Å². The fourth-order valence-electron chi connectivity index (χ4n) is 1.55. The average Bonchev–Trinajstić information content (AvgIpc) is 2.81. The molecule has 0 radical (unpaired) electrons. The molecule has 0 aliphatic rings. The number of thiophene rings is 1. The summed E-state index contributed by atoms with van der Waals surface area (Å²) >= 11 is 12.8. The Bertz CT molecular complexity index is 788. The maximum Gasteiger partial charge on any atom is 0.333 e. The molecule has 0 fully saturated rings. The predicted molar refractivity (Wildman–Crippen MR) is 84.9 cm³/mol. The first kappa shape index (κ1) is 16.1. The molecule has 5 nitrogen and oxygen atoms in total. The number of benzene rings is 1. The molecule has 1 aromatic heterocycles. The smallest absolute Gasteiger partial charge is 0.306 e. The summed E-state index contributed by atoms with van der Waals surface area (Å²) in [6.07, 6.45) is 0. The molecule has 0 saturated heterocycles. The van der Waals surface area contributed by atoms with Crippen molar-refractivity contribution in [3.63, 3.8) is 0 Å². The van der Waals surface area contributed by atoms with E-state index >= 15 is 0 Å². The lowest BCUT2D eigenvalue weighted by molar-refractivity contribution is 0.256. The van der Waals surface area contributed by atoms with Crippen LogP contribution in [0.3, 0.4) is 0 Å². The molecule has 1 heterocycles. The number of rotatable bonds is 3. The standard InChI is InChI=1S/C12H10Cl2N2O3S2/c1-7-5-6-20-11(7)21(18,19)16-12(17)15-9-4-2-3-8(13)10(9)14/h2-6H,1H3,(H2,15,16,17). The van der Waals surface area contributed by atoms with E-state index in [1.54, 1.807) is 30.5 Å². The zero-order valence-corrected chi connectivity index (χ0v) is 13.8. The highest BCUT2D eigenvalue weighted by Gasteiger charge is 2.21. The fraction of sp³-hybridized carbons (Fsp3) is 0.0833. The first-order chi connectivity index (χ1) is 9.81. The van der Waals surface area contributed by atoms with Crippen LogP contribution in [0.5, 0.6) is 0 Å². The SMILES string of the molecule is Cc1ccsc1S(=O)(=O)NC(=O)Nc1cccc(Cl)c1Cl. The van der Waals surface area contributed by atoms with Gasteiger partial charge >= 0.3 is 6.03 Å². The quantitative estimate of drug-likeness (QED) is 0.867. The number of amides is 2. The van der Waals surface area contributed by atoms with Gasteiger partial charge in [0, 0.05) is 0 Å². The lowest BCUT2D eigenvalue weighted by Gasteiger charge is -2.10. The summed E-state index contributed by atoms with van der Waals surface area (Å²) < 4.78 is 26.1. The second kappa shape index (κ2) is 6.23. The molecule has 0 aliphatic heterocycles. The molecule has 0 spiro atoms. The van der Waals surface area contributed by atoms with Gasteiger partial charge in [0.2, 0.25) is 0 Å². The van der Waals surface area contributed by atoms with Crippen molar-refractivity contribution >= 4 is 56.3 Å². The zero-order chi connectivity index (χ0) is 15.6. The van der Waals surface area contributed by atoms with Gasteiger partial charge in [-0.05, 0) is 36.1 Å². The fourth-order valence-corrected chi connectivity index (χ4v) is 4.23. The van der Waals surface area contributed by atoms with Crippen LogP contribution in [-0.4, -0.2) is 14.4 Å². The van der Waals surface area contributed by atoms with E-state index in [1.165, 1.54) is 6.07 Å². The minimum atomic E-state index is -3.91. The van der Waals surface area contributed by atoms with E-state index < -0.39 is 16.1 Å². The molecule has 2 N–H and O–H groups in total. The van der Waals surface area contributed by atoms with E-state index in [0.717, 1.165) is 11.3 Å². The lowest BCUT2D eigenvalue weighted by atomic mass is 10.3. The van der Waals surface area contributed by atoms with E-state index in [9.17, 15) is 13.2 Å². The van der Waals surface area contributed by atoms with Crippen LogP contribution < -0.4 is 10.0 Å². The maximum absolute atomic E-state index is 12.0. The van der Waals surface area contributed by atoms with Crippen LogP contribution in [0, 0.1) is 6.92 Å². The number of hydrogen-bond acceptors (Lipinski definition) is 4. The van der Waals surface area contributed by atoms with Crippen molar-refractivity contribution < 1.29 is 13.2 Å². The van der Waals surface area contributed by atoms with Crippen molar-refractivity contribution in [2.24, 2.45) is 0 Å². The predicted octanol–water partition coefficient (Wildman–Crippen LogP) is 3.87. The molecule has 112 valence electrons. The molecule has 9 heteroatoms. The van der Waals surface area contributed by atoms with E-state index in [4.69, 9.17) is 23.2 Å². The molecule has 0 saturated carbocycles. The Morgan fingerprint density at radius 2 is 1.95 bits per heavy atom. The molecule has 2 aromatic rings. The Morgan fingerprint density at radius 3 is 2.57 bits per heavy atom. The summed E-state index contributed by atoms with van der Waals surface area (Å²) in [6.45, 7) is 1.65. The molecular weight excluding hydrogens is 355 g/mol. The topological polar surface area (TPSA) is 75.3 Å². The normalized spacial score (nSPS) is 11.2. The second-order valence-corrected chi connectivity index (χ2v) is 7.63. The molecular formula is C12H10Cl2N2O3S2. The van der Waals surface area contributed by atoms with E-state index in [-0.39, 0.29) is 19.9 Å². The van der Waals surface area contributed by atoms with Crippen molar-refractivity contribution in [3.8, 4) is 0 Å². The number of urea groups is 1. The second-order valence-electron chi connectivity index (χ2n) is 4.05. The van der Waals surface area contributed by atoms with Gasteiger partial charge in [-0.1, -0.05) is 29.3 Å². The van der Waals surface area contributed by atoms with Crippen LogP contribution in [0.2, 0.25) is 10.0 Å². The van der Waals surface area contributed by atoms with Gasteiger partial charge in [0.25, 0.3) is 10.0 Å². The molecule has 0 bridgehead atoms. The molecule has 2 amide bonds. The Kier molecular flexibility index (Phi) is 4.77. The summed E-state index contributed by atoms with van der Waals surface area (Å²) in [4.78, 5) is 11.8. The number of carbonyl (C=O) groups is 1. The third kappa shape index (κ3) is 3.68. The van der Waals surface area contributed by atoms with Gasteiger partial charge in [0.15, 0.2) is 0 Å². The van der Waals surface area contributed by atoms with E-state index in [0.29, 0.717) is 5.56 Å². The number of hydrogen-bond donors (Lipinski definition) is 2. The first-order valence-corrected chi connectivity index (χ1v) is 8.75. The van der Waals surface area contributed by atoms with Gasteiger partial charge in [-0.25, -0.2) is 17.9 Å². The minimum Gasteiger partial charge on any atom is -0.306 e. The van der Waals surface area contributed by atoms with Crippen LogP contribution in [0.4, 0.5) is 10.5 Å². The highest BCUT2D eigenvalue weighted by atomic mass is 35.5. The Balaban J connectivity index is 2.16. The summed E-state index contributed by atoms with van der Waals surface area (Å²) in [6, 6.07) is 5.40. The summed E-state index contributed by atoms with van der Waals surface area (Å²) in [5, 5.41) is 4.38. The monoisotopic (exact) mass is 364 g/mol. The van der Waals surface area contributed by atoms with Crippen LogP contribution in [0.15, 0.2) is 33.9 Å². The van der Waals surface area contributed by atoms with Gasteiger partial charge in [0.05, 0.1) is 15.7 Å². The Morgan fingerprint density at radius 1 is 1.24 bits per heavy atom. The van der Waals surface area contributed by atoms with Gasteiger partial charge in [-0.3, -0.25) is 0 Å². The van der Waals surface area contributed by atoms with Crippen LogP contribution in [-0.2, 0) is 10.0 Å². The maximum atomic E-state index is 12.0. The number of halogens is 2. The first-order valence-electron chi connectivity index (χ1n) is 5.63. The van der Waals surface area contributed by atoms with E-state index in [1.807, 2.05) is 4.72 Å². The highest BCUT2D eigenvalue weighted by Crippen LogP contribution is 2.29. The molecule has 2 rings (SSSR count). The van der Waals surface area contributed by atoms with Crippen LogP contribution >= 0.6 is 34.5 Å². The third-order valence-electron chi connectivity index (χ3n) is 2.49. The number of carbonyl (C=O) groups excluding carboxylic acids is 1. The van der Waals surface area contributed by atoms with Crippen LogP contribution in [0.25, 0.3) is 0 Å². The average molecular weight is 365 g/mol. The molecule has 0 unspecified atom stereocenters. The highest BCUT2D eigenvalue weighted by molar-refractivity contribution is 7.92. The molecule has 0 atom stereocenters. The molecule has 21 heavy (non-hydrogen) atoms. The van der Waals surface area contributed by atoms with Crippen molar-refractivity contribution in [1.29, 1.82) is 0 Å². The summed E-state index contributed by atoms with van der Waals surface area (Å²) in [7, 11) is -3.91. The summed E-state index contributed by atoms with van der Waals surface area (Å²) in [5.41, 5.74) is 0.792. The van der Waals surface area contributed by atoms with Gasteiger partial charge in [-0.15, -0.1) is 11.3 Å². The number of sulfonamides is 1. The third-order valence-corrected chi connectivity index (χ3v) is 6.32. The van der Waals surface area contributed by atoms with Crippen molar-refractivity contribution in [1.82, 2.24) is 4.72 Å². The zero-order valence-electron chi connectivity index (χ0n) is 10.7. The largest absolute Gasteiger partial charge is 0.333 e. The van der Waals surface area contributed by atoms with Gasteiger partial charge in [0.1, 0.15) is 4.21 Å². The molecule has 1 aromatic carbocycles. The van der Waals surface area contributed by atoms with Gasteiger partial charge < -0.3 is 5.32 Å². The Labute approximate surface area is 135 Å². The lowest BCUT2D eigenvalue weighted by Crippen LogP contribution is -2.34. The van der Waals surface area contributed by atoms with Crippen molar-refractivity contribution in [3.05, 3.63) is 45.3 Å². The molecule has 0 aliphatic carbocycles. The minimum absolute atomic E-state index is 0.0924. The number of nitrogens with one attached hydrogen (secondary N) is 2. The number of anilines is 1. The van der Waals surface area contributed by atoms with E-state index in [2.05, 4.69) is 5.32 Å². The van der Waals surface area contributed by atoms with Crippen molar-refractivity contribution in [2.75, 3.05) is 5.32 Å². The number of aryl methyl sites for hydroxylation is 1.